The van der Waals surface area contributed by atoms with E-state index in [4.69, 9.17) is 11.6 Å². The molecule has 0 radical (unpaired) electrons. The number of carbonyl (C=O) groups excluding carboxylic acids is 1. The number of anilines is 2. The Balaban J connectivity index is 1.69. The van der Waals surface area contributed by atoms with E-state index in [2.05, 4.69) is 10.0 Å². The van der Waals surface area contributed by atoms with Crippen molar-refractivity contribution >= 4 is 50.7 Å². The molecule has 8 nitrogen and oxygen atoms in total. The Labute approximate surface area is 189 Å². The second kappa shape index (κ2) is 9.63. The third-order valence-electron chi connectivity index (χ3n) is 4.43. The largest absolute Gasteiger partial charge is 0.322 e. The Morgan fingerprint density at radius 1 is 1.03 bits per heavy atom. The molecule has 0 aliphatic carbocycles. The Hall–Kier alpha value is -3.69. The first-order chi connectivity index (χ1) is 15.2. The van der Waals surface area contributed by atoms with Crippen molar-refractivity contribution in [3.63, 3.8) is 0 Å². The number of nitrogens with one attached hydrogen (secondary N) is 2. The number of benzene rings is 3. The number of hydrogen-bond donors (Lipinski definition) is 2. The summed E-state index contributed by atoms with van der Waals surface area (Å²) in [5.74, 6) is -0.481. The van der Waals surface area contributed by atoms with Crippen molar-refractivity contribution in [2.24, 2.45) is 0 Å². The lowest BCUT2D eigenvalue weighted by molar-refractivity contribution is -0.384. The predicted molar refractivity (Wildman–Crippen MR) is 124 cm³/mol. The summed E-state index contributed by atoms with van der Waals surface area (Å²) in [6.07, 6.45) is 2.75. The van der Waals surface area contributed by atoms with Crippen LogP contribution in [0.15, 0.2) is 77.7 Å². The quantitative estimate of drug-likeness (QED) is 0.285. The van der Waals surface area contributed by atoms with E-state index in [1.807, 2.05) is 0 Å². The van der Waals surface area contributed by atoms with Crippen LogP contribution in [0.4, 0.5) is 17.1 Å². The van der Waals surface area contributed by atoms with Gasteiger partial charge in [0.1, 0.15) is 0 Å². The Bertz CT molecular complexity index is 1310. The second-order valence-corrected chi connectivity index (χ2v) is 8.82. The number of amides is 1. The average Bonchev–Trinajstić information content (AvgIpc) is 2.75. The molecule has 0 aliphatic heterocycles. The van der Waals surface area contributed by atoms with Crippen molar-refractivity contribution in [2.75, 3.05) is 10.0 Å². The maximum atomic E-state index is 12.5. The zero-order chi connectivity index (χ0) is 23.3. The highest BCUT2D eigenvalue weighted by atomic mass is 35.5. The summed E-state index contributed by atoms with van der Waals surface area (Å²) in [4.78, 5) is 22.6. The van der Waals surface area contributed by atoms with Crippen LogP contribution >= 0.6 is 11.6 Å². The van der Waals surface area contributed by atoms with E-state index in [9.17, 15) is 23.3 Å². The third kappa shape index (κ3) is 5.71. The van der Waals surface area contributed by atoms with Crippen molar-refractivity contribution in [2.45, 2.75) is 11.8 Å². The van der Waals surface area contributed by atoms with Gasteiger partial charge in [-0.15, -0.1) is 0 Å². The lowest BCUT2D eigenvalue weighted by Crippen LogP contribution is -2.13. The fourth-order valence-electron chi connectivity index (χ4n) is 2.71. The van der Waals surface area contributed by atoms with Crippen LogP contribution in [0.5, 0.6) is 0 Å². The van der Waals surface area contributed by atoms with E-state index in [1.165, 1.54) is 36.4 Å². The predicted octanol–water partition coefficient (Wildman–Crippen LogP) is 5.01. The maximum Gasteiger partial charge on any atom is 0.271 e. The van der Waals surface area contributed by atoms with Crippen LogP contribution in [0.3, 0.4) is 0 Å². The van der Waals surface area contributed by atoms with E-state index in [1.54, 1.807) is 49.4 Å². The molecule has 0 atom stereocenters. The highest BCUT2D eigenvalue weighted by Gasteiger charge is 2.15. The number of para-hydroxylation sites is 1. The van der Waals surface area contributed by atoms with Gasteiger partial charge in [-0.3, -0.25) is 19.6 Å². The SMILES string of the molecule is Cc1ccc([N+](=O)[O-])cc1NC(=O)/C=C/c1ccc(S(=O)(=O)Nc2ccccc2Cl)cc1. The summed E-state index contributed by atoms with van der Waals surface area (Å²) in [6, 6.07) is 16.6. The number of carbonyl (C=O) groups is 1. The summed E-state index contributed by atoms with van der Waals surface area (Å²) in [5.41, 5.74) is 1.75. The van der Waals surface area contributed by atoms with Crippen molar-refractivity contribution in [3.8, 4) is 0 Å². The molecule has 0 heterocycles. The fraction of sp³-hybridized carbons (Fsp3) is 0.0455. The number of sulfonamides is 1. The molecule has 3 aromatic carbocycles. The fourth-order valence-corrected chi connectivity index (χ4v) is 4.03. The third-order valence-corrected chi connectivity index (χ3v) is 6.14. The molecule has 164 valence electrons. The van der Waals surface area contributed by atoms with Gasteiger partial charge in [-0.1, -0.05) is 41.9 Å². The Morgan fingerprint density at radius 2 is 1.72 bits per heavy atom. The first kappa shape index (κ1) is 23.0. The molecule has 0 aliphatic rings. The van der Waals surface area contributed by atoms with Crippen LogP contribution < -0.4 is 10.0 Å². The first-order valence-electron chi connectivity index (χ1n) is 9.27. The maximum absolute atomic E-state index is 12.5. The van der Waals surface area contributed by atoms with Gasteiger partial charge in [0, 0.05) is 18.2 Å². The summed E-state index contributed by atoms with van der Waals surface area (Å²) in [7, 11) is -3.83. The van der Waals surface area contributed by atoms with Gasteiger partial charge in [0.15, 0.2) is 0 Å². The van der Waals surface area contributed by atoms with Crippen molar-refractivity contribution in [1.82, 2.24) is 0 Å². The van der Waals surface area contributed by atoms with Crippen LogP contribution in [0.25, 0.3) is 6.08 Å². The zero-order valence-corrected chi connectivity index (χ0v) is 18.4. The van der Waals surface area contributed by atoms with Gasteiger partial charge in [-0.25, -0.2) is 8.42 Å². The summed E-state index contributed by atoms with van der Waals surface area (Å²) < 4.78 is 27.5. The minimum Gasteiger partial charge on any atom is -0.322 e. The van der Waals surface area contributed by atoms with E-state index in [0.717, 1.165) is 0 Å². The molecule has 0 bridgehead atoms. The summed E-state index contributed by atoms with van der Waals surface area (Å²) >= 11 is 6.00. The zero-order valence-electron chi connectivity index (χ0n) is 16.8. The molecule has 0 fully saturated rings. The first-order valence-corrected chi connectivity index (χ1v) is 11.1. The topological polar surface area (TPSA) is 118 Å². The molecule has 32 heavy (non-hydrogen) atoms. The van der Waals surface area contributed by atoms with Gasteiger partial charge < -0.3 is 5.32 Å². The number of rotatable bonds is 7. The molecule has 0 saturated carbocycles. The van der Waals surface area contributed by atoms with Crippen LogP contribution in [0.2, 0.25) is 5.02 Å². The lowest BCUT2D eigenvalue weighted by atomic mass is 10.1. The van der Waals surface area contributed by atoms with E-state index >= 15 is 0 Å². The molecular formula is C22H18ClN3O5S. The van der Waals surface area contributed by atoms with Gasteiger partial charge in [0.2, 0.25) is 5.91 Å². The van der Waals surface area contributed by atoms with E-state index in [-0.39, 0.29) is 21.3 Å². The van der Waals surface area contributed by atoms with E-state index in [0.29, 0.717) is 16.8 Å². The Kier molecular flexibility index (Phi) is 6.92. The molecule has 3 rings (SSSR count). The number of halogens is 1. The molecule has 1 amide bonds. The van der Waals surface area contributed by atoms with Crippen molar-refractivity contribution < 1.29 is 18.1 Å². The molecule has 10 heteroatoms. The minimum absolute atomic E-state index is 0.0336. The summed E-state index contributed by atoms with van der Waals surface area (Å²) in [5, 5.41) is 13.8. The summed E-state index contributed by atoms with van der Waals surface area (Å²) in [6.45, 7) is 1.72. The van der Waals surface area contributed by atoms with Crippen LogP contribution in [0, 0.1) is 17.0 Å². The average molecular weight is 472 g/mol. The number of nitro benzene ring substituents is 1. The van der Waals surface area contributed by atoms with Crippen molar-refractivity contribution in [3.05, 3.63) is 99.1 Å². The number of hydrogen-bond acceptors (Lipinski definition) is 5. The number of non-ortho nitro benzene ring substituents is 1. The number of aryl methyl sites for hydroxylation is 1. The van der Waals surface area contributed by atoms with E-state index < -0.39 is 20.9 Å². The second-order valence-electron chi connectivity index (χ2n) is 6.73. The smallest absolute Gasteiger partial charge is 0.271 e. The van der Waals surface area contributed by atoms with Crippen LogP contribution in [0.1, 0.15) is 11.1 Å². The molecule has 0 saturated heterocycles. The van der Waals surface area contributed by atoms with Crippen LogP contribution in [-0.2, 0) is 14.8 Å². The highest BCUT2D eigenvalue weighted by Crippen LogP contribution is 2.24. The molecular weight excluding hydrogens is 454 g/mol. The monoisotopic (exact) mass is 471 g/mol. The highest BCUT2D eigenvalue weighted by molar-refractivity contribution is 7.92. The van der Waals surface area contributed by atoms with Gasteiger partial charge in [0.25, 0.3) is 15.7 Å². The Morgan fingerprint density at radius 3 is 2.38 bits per heavy atom. The van der Waals surface area contributed by atoms with Gasteiger partial charge in [-0.2, -0.15) is 0 Å². The van der Waals surface area contributed by atoms with Crippen molar-refractivity contribution in [1.29, 1.82) is 0 Å². The van der Waals surface area contributed by atoms with Gasteiger partial charge in [-0.05, 0) is 48.4 Å². The van der Waals surface area contributed by atoms with Crippen LogP contribution in [-0.4, -0.2) is 19.2 Å². The molecule has 0 unspecified atom stereocenters. The van der Waals surface area contributed by atoms with Gasteiger partial charge in [0.05, 0.1) is 26.2 Å². The lowest BCUT2D eigenvalue weighted by Gasteiger charge is -2.09. The number of nitrogens with zero attached hydrogens (tertiary/aromatic N) is 1. The standard InChI is InChI=1S/C22H18ClN3O5S/c1-15-6-10-17(26(28)29)14-21(15)24-22(27)13-9-16-7-11-18(12-8-16)32(30,31)25-20-5-3-2-4-19(20)23/h2-14,25H,1H3,(H,24,27)/b13-9+. The normalized spacial score (nSPS) is 11.3. The molecule has 0 spiro atoms. The minimum atomic E-state index is -3.83. The molecule has 2 N–H and O–H groups in total. The molecule has 3 aromatic rings. The van der Waals surface area contributed by atoms with Gasteiger partial charge >= 0.3 is 0 Å². The molecule has 0 aromatic heterocycles. The number of nitro groups is 1.